The summed E-state index contributed by atoms with van der Waals surface area (Å²) in [6.45, 7) is 0.606. The predicted octanol–water partition coefficient (Wildman–Crippen LogP) is 0.786. The lowest BCUT2D eigenvalue weighted by atomic mass is 9.95. The van der Waals surface area contributed by atoms with Crippen molar-refractivity contribution >= 4 is 34.0 Å². The van der Waals surface area contributed by atoms with Gasteiger partial charge < -0.3 is 11.1 Å². The second-order valence-electron chi connectivity index (χ2n) is 5.98. The van der Waals surface area contributed by atoms with Crippen LogP contribution in [0, 0.1) is 22.0 Å². The predicted molar refractivity (Wildman–Crippen MR) is 98.4 cm³/mol. The Morgan fingerprint density at radius 1 is 1.31 bits per heavy atom. The Hall–Kier alpha value is -1.75. The van der Waals surface area contributed by atoms with Gasteiger partial charge in [0.15, 0.2) is 0 Å². The van der Waals surface area contributed by atoms with Crippen molar-refractivity contribution in [2.24, 2.45) is 17.6 Å². The van der Waals surface area contributed by atoms with Gasteiger partial charge in [-0.05, 0) is 31.4 Å². The van der Waals surface area contributed by atoms with E-state index in [1.807, 2.05) is 0 Å². The standard InChI is InChI=1S/C15H22N4O5S.ClH/c16-10-11-3-1-6-14(11)15(20)17-7-8-18-25(23,24)13-5-2-4-12(9-13)19(21)22;/h2,4-5,9,11,14,18H,1,3,6-8,10,16H2,(H,17,20);1H/t11-,14-;/m1./s1. The first-order valence-electron chi connectivity index (χ1n) is 8.07. The molecule has 1 saturated carbocycles. The van der Waals surface area contributed by atoms with E-state index in [-0.39, 0.29) is 53.8 Å². The van der Waals surface area contributed by atoms with Gasteiger partial charge in [-0.1, -0.05) is 12.5 Å². The molecule has 1 aromatic rings. The summed E-state index contributed by atoms with van der Waals surface area (Å²) in [5.74, 6) is -0.0394. The molecule has 2 atom stereocenters. The zero-order valence-electron chi connectivity index (χ0n) is 14.1. The molecule has 1 aromatic carbocycles. The van der Waals surface area contributed by atoms with E-state index in [9.17, 15) is 23.3 Å². The van der Waals surface area contributed by atoms with E-state index in [2.05, 4.69) is 10.0 Å². The number of nitrogens with one attached hydrogen (secondary N) is 2. The van der Waals surface area contributed by atoms with Crippen molar-refractivity contribution in [3.05, 3.63) is 34.4 Å². The van der Waals surface area contributed by atoms with E-state index >= 15 is 0 Å². The van der Waals surface area contributed by atoms with Crippen molar-refractivity contribution in [2.45, 2.75) is 24.2 Å². The fourth-order valence-corrected chi connectivity index (χ4v) is 4.08. The zero-order chi connectivity index (χ0) is 18.4. The van der Waals surface area contributed by atoms with E-state index in [0.717, 1.165) is 25.3 Å². The lowest BCUT2D eigenvalue weighted by molar-refractivity contribution is -0.385. The summed E-state index contributed by atoms with van der Waals surface area (Å²) >= 11 is 0. The number of non-ortho nitro benzene ring substituents is 1. The number of sulfonamides is 1. The van der Waals surface area contributed by atoms with Crippen molar-refractivity contribution < 1.29 is 18.1 Å². The molecule has 0 aliphatic heterocycles. The summed E-state index contributed by atoms with van der Waals surface area (Å²) in [6.07, 6.45) is 2.71. The van der Waals surface area contributed by atoms with Crippen LogP contribution in [0.15, 0.2) is 29.2 Å². The number of rotatable bonds is 8. The highest BCUT2D eigenvalue weighted by Gasteiger charge is 2.31. The van der Waals surface area contributed by atoms with Crippen LogP contribution >= 0.6 is 12.4 Å². The highest BCUT2D eigenvalue weighted by atomic mass is 35.5. The lowest BCUT2D eigenvalue weighted by Crippen LogP contribution is -2.39. The van der Waals surface area contributed by atoms with Gasteiger partial charge in [0, 0.05) is 31.1 Å². The highest BCUT2D eigenvalue weighted by molar-refractivity contribution is 7.89. The first-order valence-corrected chi connectivity index (χ1v) is 9.55. The Kier molecular flexibility index (Phi) is 8.41. The van der Waals surface area contributed by atoms with Gasteiger partial charge in [-0.15, -0.1) is 12.4 Å². The maximum atomic E-state index is 12.1. The molecule has 0 bridgehead atoms. The van der Waals surface area contributed by atoms with Crippen molar-refractivity contribution in [3.8, 4) is 0 Å². The van der Waals surface area contributed by atoms with Gasteiger partial charge in [-0.3, -0.25) is 14.9 Å². The fraction of sp³-hybridized carbons (Fsp3) is 0.533. The quantitative estimate of drug-likeness (QED) is 0.330. The molecule has 0 aromatic heterocycles. The summed E-state index contributed by atoms with van der Waals surface area (Å²) in [5, 5.41) is 13.4. The Labute approximate surface area is 158 Å². The number of halogens is 1. The Bertz CT molecular complexity index is 743. The van der Waals surface area contributed by atoms with Crippen molar-refractivity contribution in [3.63, 3.8) is 0 Å². The summed E-state index contributed by atoms with van der Waals surface area (Å²) in [7, 11) is -3.87. The molecule has 1 aliphatic rings. The Balaban J connectivity index is 0.00000338. The van der Waals surface area contributed by atoms with Gasteiger partial charge in [0.1, 0.15) is 0 Å². The van der Waals surface area contributed by atoms with Crippen LogP contribution < -0.4 is 15.8 Å². The number of hydrogen-bond acceptors (Lipinski definition) is 6. The molecule has 11 heteroatoms. The molecule has 0 spiro atoms. The van der Waals surface area contributed by atoms with Gasteiger partial charge in [0.2, 0.25) is 15.9 Å². The molecule has 1 aliphatic carbocycles. The van der Waals surface area contributed by atoms with Crippen LogP contribution in [0.2, 0.25) is 0 Å². The lowest BCUT2D eigenvalue weighted by Gasteiger charge is -2.17. The van der Waals surface area contributed by atoms with Crippen LogP contribution in [0.4, 0.5) is 5.69 Å². The van der Waals surface area contributed by atoms with Crippen LogP contribution in [0.3, 0.4) is 0 Å². The number of benzene rings is 1. The van der Waals surface area contributed by atoms with E-state index in [1.165, 1.54) is 18.2 Å². The molecule has 146 valence electrons. The largest absolute Gasteiger partial charge is 0.355 e. The van der Waals surface area contributed by atoms with E-state index in [4.69, 9.17) is 5.73 Å². The topological polar surface area (TPSA) is 144 Å². The molecule has 4 N–H and O–H groups in total. The third-order valence-corrected chi connectivity index (χ3v) is 5.81. The van der Waals surface area contributed by atoms with Gasteiger partial charge in [-0.2, -0.15) is 0 Å². The van der Waals surface area contributed by atoms with Crippen LogP contribution in [-0.4, -0.2) is 38.9 Å². The second kappa shape index (κ2) is 9.81. The average molecular weight is 407 g/mol. The summed E-state index contributed by atoms with van der Waals surface area (Å²) in [5.41, 5.74) is 5.35. The number of hydrogen-bond donors (Lipinski definition) is 3. The molecule has 1 fully saturated rings. The number of nitrogens with two attached hydrogens (primary N) is 1. The third-order valence-electron chi connectivity index (χ3n) is 4.35. The molecular formula is C15H23ClN4O5S. The third kappa shape index (κ3) is 5.63. The smallest absolute Gasteiger partial charge is 0.270 e. The minimum Gasteiger partial charge on any atom is -0.355 e. The first-order chi connectivity index (χ1) is 11.8. The van der Waals surface area contributed by atoms with Crippen LogP contribution in [0.5, 0.6) is 0 Å². The van der Waals surface area contributed by atoms with Crippen molar-refractivity contribution in [2.75, 3.05) is 19.6 Å². The van der Waals surface area contributed by atoms with Crippen molar-refractivity contribution in [1.82, 2.24) is 10.0 Å². The maximum absolute atomic E-state index is 12.1. The SMILES string of the molecule is Cl.NC[C@H]1CCC[C@H]1C(=O)NCCNS(=O)(=O)c1cccc([N+](=O)[O-])c1. The fourth-order valence-electron chi connectivity index (χ4n) is 3.01. The molecule has 2 rings (SSSR count). The molecule has 9 nitrogen and oxygen atoms in total. The zero-order valence-corrected chi connectivity index (χ0v) is 15.7. The molecule has 26 heavy (non-hydrogen) atoms. The molecule has 1 amide bonds. The molecule has 0 radical (unpaired) electrons. The Morgan fingerprint density at radius 2 is 2.04 bits per heavy atom. The number of carbonyl (C=O) groups excluding carboxylic acids is 1. The first kappa shape index (κ1) is 22.3. The van der Waals surface area contributed by atoms with Crippen LogP contribution in [0.1, 0.15) is 19.3 Å². The monoisotopic (exact) mass is 406 g/mol. The number of nitrogens with zero attached hydrogens (tertiary/aromatic N) is 1. The summed E-state index contributed by atoms with van der Waals surface area (Å²) < 4.78 is 26.6. The minimum absolute atomic E-state index is 0. The van der Waals surface area contributed by atoms with E-state index in [0.29, 0.717) is 6.54 Å². The molecule has 0 heterocycles. The molecular weight excluding hydrogens is 384 g/mol. The highest BCUT2D eigenvalue weighted by Crippen LogP contribution is 2.30. The normalized spacial score (nSPS) is 19.6. The summed E-state index contributed by atoms with van der Waals surface area (Å²) in [4.78, 5) is 22.0. The summed E-state index contributed by atoms with van der Waals surface area (Å²) in [6, 6.07) is 4.79. The maximum Gasteiger partial charge on any atom is 0.270 e. The van der Waals surface area contributed by atoms with Crippen molar-refractivity contribution in [1.29, 1.82) is 0 Å². The molecule has 0 saturated heterocycles. The minimum atomic E-state index is -3.87. The number of nitro benzene ring substituents is 1. The average Bonchev–Trinajstić information content (AvgIpc) is 3.07. The number of nitro groups is 1. The van der Waals surface area contributed by atoms with Gasteiger partial charge in [-0.25, -0.2) is 13.1 Å². The van der Waals surface area contributed by atoms with E-state index < -0.39 is 14.9 Å². The van der Waals surface area contributed by atoms with E-state index in [1.54, 1.807) is 0 Å². The number of amides is 1. The van der Waals surface area contributed by atoms with Gasteiger partial charge >= 0.3 is 0 Å². The number of carbonyl (C=O) groups is 1. The van der Waals surface area contributed by atoms with Gasteiger partial charge in [0.25, 0.3) is 5.69 Å². The molecule has 0 unspecified atom stereocenters. The van der Waals surface area contributed by atoms with Crippen LogP contribution in [0.25, 0.3) is 0 Å². The van der Waals surface area contributed by atoms with Crippen LogP contribution in [-0.2, 0) is 14.8 Å². The second-order valence-corrected chi connectivity index (χ2v) is 7.74. The van der Waals surface area contributed by atoms with Gasteiger partial charge in [0.05, 0.1) is 9.82 Å². The Morgan fingerprint density at radius 3 is 2.69 bits per heavy atom.